The molecule has 4 heterocycles. The van der Waals surface area contributed by atoms with Gasteiger partial charge in [0.2, 0.25) is 0 Å². The summed E-state index contributed by atoms with van der Waals surface area (Å²) in [7, 11) is 0. The smallest absolute Gasteiger partial charge is 0.408 e. The molecule has 2 aromatic heterocycles. The van der Waals surface area contributed by atoms with Crippen molar-refractivity contribution < 1.29 is 36.6 Å². The summed E-state index contributed by atoms with van der Waals surface area (Å²) >= 11 is 0. The monoisotopic (exact) mass is 752 g/mol. The molecule has 8 rings (SSSR count). The number of alkyl carbamates (subject to hydrolysis) is 2. The minimum Gasteiger partial charge on any atom is -0.439 e. The topological polar surface area (TPSA) is 102 Å². The molecule has 2 saturated heterocycles. The van der Waals surface area contributed by atoms with E-state index in [1.807, 2.05) is 0 Å². The van der Waals surface area contributed by atoms with Crippen LogP contribution in [-0.2, 0) is 9.47 Å². The lowest BCUT2D eigenvalue weighted by atomic mass is 9.99. The minimum absolute atomic E-state index is 0.352. The molecular formula is C44H28F4N4O4. The van der Waals surface area contributed by atoms with Gasteiger partial charge in [0.25, 0.3) is 0 Å². The predicted octanol–water partition coefficient (Wildman–Crippen LogP) is 8.56. The Morgan fingerprint density at radius 1 is 0.464 bits per heavy atom. The Kier molecular flexibility index (Phi) is 11.0. The third kappa shape index (κ3) is 9.19. The normalized spacial score (nSPS) is 18.0. The van der Waals surface area contributed by atoms with Crippen LogP contribution in [0.1, 0.15) is 69.1 Å². The molecule has 0 bridgehead atoms. The lowest BCUT2D eigenvalue weighted by Crippen LogP contribution is -2.20. The maximum absolute atomic E-state index is 13.3. The number of amides is 2. The SMILES string of the molecule is O=C1N[C@@H](c2cc(C#Cc3cccc(F)c3)ccn2)[C@H](c2ccc(F)cc2)O1.O=C1N[C@H](c2cc(C#Cc3cccc(F)c3)ccn2)[C@@H](c2ccc(F)cc2)O1. The second-order valence-electron chi connectivity index (χ2n) is 12.5. The molecule has 6 aromatic rings. The van der Waals surface area contributed by atoms with Crippen LogP contribution in [0.2, 0.25) is 0 Å². The van der Waals surface area contributed by atoms with E-state index in [4.69, 9.17) is 9.47 Å². The summed E-state index contributed by atoms with van der Waals surface area (Å²) in [5.74, 6) is 10.3. The van der Waals surface area contributed by atoms with Crippen LogP contribution >= 0.6 is 0 Å². The molecule has 0 unspecified atom stereocenters. The Labute approximate surface area is 318 Å². The quantitative estimate of drug-likeness (QED) is 0.138. The van der Waals surface area contributed by atoms with Crippen molar-refractivity contribution in [2.75, 3.05) is 0 Å². The summed E-state index contributed by atoms with van der Waals surface area (Å²) in [6.07, 6.45) is 0.752. The standard InChI is InChI=1S/2C22H14F2N2O2/c2*23-17-8-6-16(7-9-17)21-20(26-22(27)28-21)19-13-15(10-11-25-19)5-4-14-2-1-3-18(24)12-14/h2*1-3,6-13,20-21H,(H,26,27)/t2*20-,21-/m10/s1. The Morgan fingerprint density at radius 2 is 0.839 bits per heavy atom. The molecule has 2 amide bonds. The molecule has 2 aliphatic heterocycles. The number of halogens is 4. The van der Waals surface area contributed by atoms with Crippen LogP contribution in [0.3, 0.4) is 0 Å². The van der Waals surface area contributed by atoms with Crippen molar-refractivity contribution in [1.82, 2.24) is 20.6 Å². The summed E-state index contributed by atoms with van der Waals surface area (Å²) in [6.45, 7) is 0. The van der Waals surface area contributed by atoms with Gasteiger partial charge in [0.15, 0.2) is 12.2 Å². The summed E-state index contributed by atoms with van der Waals surface area (Å²) in [5.41, 5.74) is 4.87. The lowest BCUT2D eigenvalue weighted by molar-refractivity contribution is 0.131. The van der Waals surface area contributed by atoms with Gasteiger partial charge in [-0.1, -0.05) is 60.1 Å². The first kappa shape index (κ1) is 36.9. The molecule has 4 aromatic carbocycles. The number of ether oxygens (including phenoxy) is 2. The Morgan fingerprint density at radius 3 is 1.21 bits per heavy atom. The molecule has 0 saturated carbocycles. The third-order valence-electron chi connectivity index (χ3n) is 8.57. The van der Waals surface area contributed by atoms with Crippen molar-refractivity contribution in [1.29, 1.82) is 0 Å². The Hall–Kier alpha value is -7.44. The second kappa shape index (κ2) is 16.7. The van der Waals surface area contributed by atoms with E-state index < -0.39 is 36.5 Å². The molecule has 0 spiro atoms. The Bertz CT molecular complexity index is 2350. The van der Waals surface area contributed by atoms with Crippen molar-refractivity contribution in [3.63, 3.8) is 0 Å². The zero-order chi connectivity index (χ0) is 39.0. The molecular weight excluding hydrogens is 724 g/mol. The zero-order valence-corrected chi connectivity index (χ0v) is 29.1. The van der Waals surface area contributed by atoms with E-state index in [1.54, 1.807) is 85.2 Å². The molecule has 4 atom stereocenters. The van der Waals surface area contributed by atoms with Gasteiger partial charge < -0.3 is 20.1 Å². The summed E-state index contributed by atoms with van der Waals surface area (Å²) in [4.78, 5) is 32.3. The molecule has 12 heteroatoms. The van der Waals surface area contributed by atoms with Crippen LogP contribution in [0.4, 0.5) is 27.2 Å². The largest absolute Gasteiger partial charge is 0.439 e. The van der Waals surface area contributed by atoms with E-state index in [-0.39, 0.29) is 23.3 Å². The number of hydrogen-bond acceptors (Lipinski definition) is 6. The zero-order valence-electron chi connectivity index (χ0n) is 29.1. The van der Waals surface area contributed by atoms with Gasteiger partial charge in [-0.3, -0.25) is 9.97 Å². The van der Waals surface area contributed by atoms with Gasteiger partial charge in [-0.05, 0) is 96.1 Å². The van der Waals surface area contributed by atoms with Gasteiger partial charge in [-0.2, -0.15) is 0 Å². The van der Waals surface area contributed by atoms with Crippen LogP contribution in [0.15, 0.2) is 134 Å². The highest BCUT2D eigenvalue weighted by Gasteiger charge is 2.38. The highest BCUT2D eigenvalue weighted by atomic mass is 19.1. The van der Waals surface area contributed by atoms with Crippen molar-refractivity contribution >= 4 is 12.2 Å². The average Bonchev–Trinajstić information content (AvgIpc) is 3.80. The van der Waals surface area contributed by atoms with Crippen LogP contribution in [-0.4, -0.2) is 22.2 Å². The van der Waals surface area contributed by atoms with Crippen LogP contribution in [0, 0.1) is 47.0 Å². The van der Waals surface area contributed by atoms with Gasteiger partial charge >= 0.3 is 12.2 Å². The molecule has 0 radical (unpaired) electrons. The van der Waals surface area contributed by atoms with E-state index in [9.17, 15) is 27.2 Å². The number of carbonyl (C=O) groups excluding carboxylic acids is 2. The maximum Gasteiger partial charge on any atom is 0.408 e. The summed E-state index contributed by atoms with van der Waals surface area (Å²) in [5, 5.41) is 5.45. The van der Waals surface area contributed by atoms with Crippen molar-refractivity contribution in [3.8, 4) is 23.7 Å². The fraction of sp³-hybridized carbons (Fsp3) is 0.0909. The lowest BCUT2D eigenvalue weighted by Gasteiger charge is -2.17. The number of benzene rings is 4. The molecule has 2 aliphatic rings. The van der Waals surface area contributed by atoms with Crippen LogP contribution < -0.4 is 10.6 Å². The minimum atomic E-state index is -0.632. The molecule has 0 aliphatic carbocycles. The van der Waals surface area contributed by atoms with Gasteiger partial charge in [0.05, 0.1) is 11.4 Å². The highest BCUT2D eigenvalue weighted by molar-refractivity contribution is 5.71. The molecule has 56 heavy (non-hydrogen) atoms. The fourth-order valence-corrected chi connectivity index (χ4v) is 5.94. The number of nitrogens with zero attached hydrogens (tertiary/aromatic N) is 2. The molecule has 2 N–H and O–H groups in total. The van der Waals surface area contributed by atoms with Gasteiger partial charge in [-0.15, -0.1) is 0 Å². The van der Waals surface area contributed by atoms with E-state index in [0.29, 0.717) is 44.8 Å². The van der Waals surface area contributed by atoms with E-state index >= 15 is 0 Å². The fourth-order valence-electron chi connectivity index (χ4n) is 5.94. The van der Waals surface area contributed by atoms with Crippen molar-refractivity contribution in [2.24, 2.45) is 0 Å². The van der Waals surface area contributed by atoms with Gasteiger partial charge in [0, 0.05) is 34.6 Å². The summed E-state index contributed by atoms with van der Waals surface area (Å²) in [6, 6.07) is 29.4. The number of aromatic nitrogens is 2. The van der Waals surface area contributed by atoms with E-state index in [0.717, 1.165) is 0 Å². The van der Waals surface area contributed by atoms with Crippen LogP contribution in [0.5, 0.6) is 0 Å². The van der Waals surface area contributed by atoms with Crippen molar-refractivity contribution in [3.05, 3.63) is 202 Å². The second-order valence-corrected chi connectivity index (χ2v) is 12.5. The maximum atomic E-state index is 13.3. The number of nitrogens with one attached hydrogen (secondary N) is 2. The number of rotatable bonds is 4. The number of cyclic esters (lactones) is 2. The van der Waals surface area contributed by atoms with E-state index in [1.165, 1.54) is 48.5 Å². The van der Waals surface area contributed by atoms with Crippen molar-refractivity contribution in [2.45, 2.75) is 24.3 Å². The predicted molar refractivity (Wildman–Crippen MR) is 196 cm³/mol. The van der Waals surface area contributed by atoms with E-state index in [2.05, 4.69) is 44.3 Å². The highest BCUT2D eigenvalue weighted by Crippen LogP contribution is 2.37. The summed E-state index contributed by atoms with van der Waals surface area (Å²) < 4.78 is 63.6. The molecule has 276 valence electrons. The number of carbonyl (C=O) groups is 2. The average molecular weight is 753 g/mol. The third-order valence-corrected chi connectivity index (χ3v) is 8.57. The number of hydrogen-bond donors (Lipinski definition) is 2. The van der Waals surface area contributed by atoms with Gasteiger partial charge in [0.1, 0.15) is 35.4 Å². The first-order valence-electron chi connectivity index (χ1n) is 17.1. The first-order valence-corrected chi connectivity index (χ1v) is 17.1. The number of pyridine rings is 2. The molecule has 2 fully saturated rings. The van der Waals surface area contributed by atoms with Gasteiger partial charge in [-0.25, -0.2) is 27.2 Å². The van der Waals surface area contributed by atoms with Crippen LogP contribution in [0.25, 0.3) is 0 Å². The molecule has 8 nitrogen and oxygen atoms in total. The Balaban J connectivity index is 0.000000172. The first-order chi connectivity index (χ1) is 27.2.